The summed E-state index contributed by atoms with van der Waals surface area (Å²) in [5, 5.41) is 26.4. The second-order valence-electron chi connectivity index (χ2n) is 3.14. The molecule has 0 bridgehead atoms. The van der Waals surface area contributed by atoms with E-state index in [0.29, 0.717) is 5.69 Å². The Kier molecular flexibility index (Phi) is 4.11. The molecule has 0 amide bonds. The minimum atomic E-state index is -1.01. The summed E-state index contributed by atoms with van der Waals surface area (Å²) in [6.45, 7) is 0.159. The second kappa shape index (κ2) is 5.35. The van der Waals surface area contributed by atoms with Crippen LogP contribution in [0.2, 0.25) is 0 Å². The lowest BCUT2D eigenvalue weighted by molar-refractivity contribution is 0.0103. The van der Waals surface area contributed by atoms with Gasteiger partial charge in [-0.1, -0.05) is 5.11 Å². The van der Waals surface area contributed by atoms with Gasteiger partial charge in [-0.2, -0.15) is 5.10 Å². The van der Waals surface area contributed by atoms with Crippen molar-refractivity contribution in [3.8, 4) is 0 Å². The van der Waals surface area contributed by atoms with E-state index in [1.54, 1.807) is 19.3 Å². The molecular formula is C8H13N5O2. The Hall–Kier alpha value is -1.56. The summed E-state index contributed by atoms with van der Waals surface area (Å²) in [6, 6.07) is 1.63. The summed E-state index contributed by atoms with van der Waals surface area (Å²) >= 11 is 0. The van der Waals surface area contributed by atoms with Crippen LogP contribution < -0.4 is 0 Å². The third-order valence-corrected chi connectivity index (χ3v) is 2.11. The van der Waals surface area contributed by atoms with Gasteiger partial charge in [0.1, 0.15) is 6.10 Å². The molecule has 2 N–H and O–H groups in total. The zero-order valence-corrected chi connectivity index (χ0v) is 8.35. The Bertz CT molecular complexity index is 358. The Labute approximate surface area is 86.6 Å². The van der Waals surface area contributed by atoms with Crippen LogP contribution in [-0.4, -0.2) is 32.6 Å². The van der Waals surface area contributed by atoms with Gasteiger partial charge < -0.3 is 10.2 Å². The molecule has 0 fully saturated rings. The van der Waals surface area contributed by atoms with Crippen LogP contribution in [0.1, 0.15) is 18.2 Å². The maximum absolute atomic E-state index is 9.71. The molecule has 1 aromatic heterocycles. The van der Waals surface area contributed by atoms with Gasteiger partial charge in [-0.15, -0.1) is 0 Å². The summed E-state index contributed by atoms with van der Waals surface area (Å²) in [5.74, 6) is 0. The molecule has 0 aliphatic heterocycles. The van der Waals surface area contributed by atoms with Gasteiger partial charge in [-0.3, -0.25) is 4.68 Å². The highest BCUT2D eigenvalue weighted by Gasteiger charge is 2.20. The highest BCUT2D eigenvalue weighted by atomic mass is 16.3. The standard InChI is InChI=1S/C8H13N5O2/c1-13-6(2-5-11-13)8(15)7(14)3-4-10-12-9/h2,5,7-8,14-15H,3-4H2,1H3. The summed E-state index contributed by atoms with van der Waals surface area (Å²) < 4.78 is 1.49. The van der Waals surface area contributed by atoms with Gasteiger partial charge in [-0.05, 0) is 18.0 Å². The van der Waals surface area contributed by atoms with Gasteiger partial charge in [0.15, 0.2) is 0 Å². The number of aliphatic hydroxyl groups is 2. The fourth-order valence-corrected chi connectivity index (χ4v) is 1.26. The van der Waals surface area contributed by atoms with Gasteiger partial charge in [0.05, 0.1) is 11.8 Å². The van der Waals surface area contributed by atoms with E-state index < -0.39 is 12.2 Å². The predicted molar refractivity (Wildman–Crippen MR) is 52.8 cm³/mol. The normalized spacial score (nSPS) is 14.3. The fraction of sp³-hybridized carbons (Fsp3) is 0.625. The average Bonchev–Trinajstić information content (AvgIpc) is 2.63. The van der Waals surface area contributed by atoms with Crippen molar-refractivity contribution in [1.29, 1.82) is 0 Å². The molecular weight excluding hydrogens is 198 g/mol. The number of aromatic nitrogens is 2. The van der Waals surface area contributed by atoms with E-state index in [4.69, 9.17) is 5.53 Å². The molecule has 2 atom stereocenters. The number of hydrogen-bond acceptors (Lipinski definition) is 4. The molecule has 0 aliphatic rings. The average molecular weight is 211 g/mol. The monoisotopic (exact) mass is 211 g/mol. The maximum Gasteiger partial charge on any atom is 0.121 e. The summed E-state index contributed by atoms with van der Waals surface area (Å²) in [4.78, 5) is 2.56. The van der Waals surface area contributed by atoms with Crippen molar-refractivity contribution in [1.82, 2.24) is 9.78 Å². The number of hydrogen-bond donors (Lipinski definition) is 2. The van der Waals surface area contributed by atoms with E-state index in [9.17, 15) is 10.2 Å². The molecule has 82 valence electrons. The van der Waals surface area contributed by atoms with Gasteiger partial charge in [0.2, 0.25) is 0 Å². The van der Waals surface area contributed by atoms with Crippen molar-refractivity contribution in [2.24, 2.45) is 12.2 Å². The quantitative estimate of drug-likeness (QED) is 0.421. The maximum atomic E-state index is 9.71. The molecule has 1 heterocycles. The lowest BCUT2D eigenvalue weighted by Crippen LogP contribution is -2.21. The van der Waals surface area contributed by atoms with Crippen LogP contribution >= 0.6 is 0 Å². The minimum Gasteiger partial charge on any atom is -0.390 e. The first-order chi connectivity index (χ1) is 7.16. The molecule has 0 aliphatic carbocycles. The van der Waals surface area contributed by atoms with Crippen LogP contribution in [0.25, 0.3) is 10.4 Å². The van der Waals surface area contributed by atoms with Crippen molar-refractivity contribution in [3.63, 3.8) is 0 Å². The number of aryl methyl sites for hydroxylation is 1. The van der Waals surface area contributed by atoms with E-state index in [0.717, 1.165) is 0 Å². The first-order valence-electron chi connectivity index (χ1n) is 4.51. The van der Waals surface area contributed by atoms with Crippen molar-refractivity contribution < 1.29 is 10.2 Å². The molecule has 2 unspecified atom stereocenters. The molecule has 0 saturated carbocycles. The molecule has 0 spiro atoms. The van der Waals surface area contributed by atoms with Crippen molar-refractivity contribution >= 4 is 0 Å². The third kappa shape index (κ3) is 2.95. The van der Waals surface area contributed by atoms with E-state index >= 15 is 0 Å². The summed E-state index contributed by atoms with van der Waals surface area (Å²) in [7, 11) is 1.68. The van der Waals surface area contributed by atoms with Gasteiger partial charge in [0.25, 0.3) is 0 Å². The molecule has 7 nitrogen and oxygen atoms in total. The van der Waals surface area contributed by atoms with Gasteiger partial charge in [0, 0.05) is 24.7 Å². The van der Waals surface area contributed by atoms with Gasteiger partial charge >= 0.3 is 0 Å². The van der Waals surface area contributed by atoms with Crippen LogP contribution in [0.4, 0.5) is 0 Å². The van der Waals surface area contributed by atoms with E-state index in [2.05, 4.69) is 15.1 Å². The molecule has 1 rings (SSSR count). The smallest absolute Gasteiger partial charge is 0.121 e. The highest BCUT2D eigenvalue weighted by Crippen LogP contribution is 2.17. The van der Waals surface area contributed by atoms with Crippen LogP contribution in [0, 0.1) is 0 Å². The van der Waals surface area contributed by atoms with E-state index in [-0.39, 0.29) is 13.0 Å². The SMILES string of the molecule is Cn1nccc1C(O)C(O)CCN=[N+]=[N-]. The predicted octanol–water partition coefficient (Wildman–Crippen LogP) is 0.515. The molecule has 1 aromatic rings. The lowest BCUT2D eigenvalue weighted by atomic mass is 10.1. The topological polar surface area (TPSA) is 107 Å². The van der Waals surface area contributed by atoms with Gasteiger partial charge in [-0.25, -0.2) is 0 Å². The summed E-state index contributed by atoms with van der Waals surface area (Å²) in [6.07, 6.45) is -0.202. The van der Waals surface area contributed by atoms with Crippen LogP contribution in [0.15, 0.2) is 17.4 Å². The molecule has 0 saturated heterocycles. The van der Waals surface area contributed by atoms with Crippen LogP contribution in [0.3, 0.4) is 0 Å². The Morgan fingerprint density at radius 1 is 1.67 bits per heavy atom. The Balaban J connectivity index is 2.56. The van der Waals surface area contributed by atoms with Crippen LogP contribution in [-0.2, 0) is 7.05 Å². The Morgan fingerprint density at radius 2 is 2.40 bits per heavy atom. The zero-order valence-electron chi connectivity index (χ0n) is 8.35. The molecule has 7 heteroatoms. The zero-order chi connectivity index (χ0) is 11.3. The molecule has 0 radical (unpaired) electrons. The van der Waals surface area contributed by atoms with E-state index in [1.807, 2.05) is 0 Å². The Morgan fingerprint density at radius 3 is 2.93 bits per heavy atom. The van der Waals surface area contributed by atoms with Crippen molar-refractivity contribution in [3.05, 3.63) is 28.4 Å². The number of azide groups is 1. The second-order valence-corrected chi connectivity index (χ2v) is 3.14. The lowest BCUT2D eigenvalue weighted by Gasteiger charge is -2.16. The largest absolute Gasteiger partial charge is 0.390 e. The highest BCUT2D eigenvalue weighted by molar-refractivity contribution is 5.05. The first kappa shape index (κ1) is 11.5. The number of aliphatic hydroxyl groups excluding tert-OH is 2. The fourth-order valence-electron chi connectivity index (χ4n) is 1.26. The van der Waals surface area contributed by atoms with E-state index in [1.165, 1.54) is 4.68 Å². The van der Waals surface area contributed by atoms with Crippen molar-refractivity contribution in [2.45, 2.75) is 18.6 Å². The molecule has 15 heavy (non-hydrogen) atoms. The summed E-state index contributed by atoms with van der Waals surface area (Å²) in [5.41, 5.74) is 8.58. The number of nitrogens with zero attached hydrogens (tertiary/aromatic N) is 5. The number of rotatable bonds is 5. The molecule has 0 aromatic carbocycles. The van der Waals surface area contributed by atoms with Crippen molar-refractivity contribution in [2.75, 3.05) is 6.54 Å². The third-order valence-electron chi connectivity index (χ3n) is 2.11. The minimum absolute atomic E-state index is 0.159. The van der Waals surface area contributed by atoms with Crippen LogP contribution in [0.5, 0.6) is 0 Å². The first-order valence-corrected chi connectivity index (χ1v) is 4.51.